The molecule has 0 fully saturated rings. The van der Waals surface area contributed by atoms with E-state index in [0.29, 0.717) is 18.0 Å². The Labute approximate surface area is 163 Å². The number of hydrogen-bond acceptors (Lipinski definition) is 5. The van der Waals surface area contributed by atoms with Crippen LogP contribution in [0.5, 0.6) is 5.75 Å². The molecule has 0 unspecified atom stereocenters. The molecule has 0 spiro atoms. The maximum Gasteiger partial charge on any atom is 0.270 e. The Hall–Kier alpha value is -3.39. The van der Waals surface area contributed by atoms with Crippen molar-refractivity contribution in [2.24, 2.45) is 0 Å². The zero-order valence-electron chi connectivity index (χ0n) is 15.1. The molecule has 0 aliphatic heterocycles. The summed E-state index contributed by atoms with van der Waals surface area (Å²) < 4.78 is 32.3. The number of non-ortho nitro benzene ring substituents is 1. The fourth-order valence-electron chi connectivity index (χ4n) is 2.55. The van der Waals surface area contributed by atoms with Crippen molar-refractivity contribution in [1.29, 1.82) is 0 Å². The van der Waals surface area contributed by atoms with Gasteiger partial charge >= 0.3 is 0 Å². The first-order valence-corrected chi connectivity index (χ1v) is 9.82. The second-order valence-electron chi connectivity index (χ2n) is 6.00. The van der Waals surface area contributed by atoms with E-state index in [-0.39, 0.29) is 10.6 Å². The molecular weight excluding hydrogens is 380 g/mol. The molecule has 0 heterocycles. The molecule has 7 nitrogen and oxygen atoms in total. The highest BCUT2D eigenvalue weighted by atomic mass is 32.2. The minimum atomic E-state index is -3.93. The van der Waals surface area contributed by atoms with Gasteiger partial charge < -0.3 is 4.74 Å². The van der Waals surface area contributed by atoms with E-state index in [1.165, 1.54) is 25.2 Å². The van der Waals surface area contributed by atoms with E-state index >= 15 is 0 Å². The third-order valence-corrected chi connectivity index (χ3v) is 5.92. The molecule has 3 rings (SSSR count). The highest BCUT2D eigenvalue weighted by Gasteiger charge is 2.23. The van der Waals surface area contributed by atoms with Gasteiger partial charge in [-0.2, -0.15) is 0 Å². The van der Waals surface area contributed by atoms with E-state index < -0.39 is 14.9 Å². The molecule has 8 heteroatoms. The van der Waals surface area contributed by atoms with E-state index in [1.54, 1.807) is 24.3 Å². The van der Waals surface area contributed by atoms with Crippen LogP contribution in [0.4, 0.5) is 11.4 Å². The number of nitro benzene ring substituents is 1. The first kappa shape index (κ1) is 19.4. The van der Waals surface area contributed by atoms with Gasteiger partial charge in [-0.1, -0.05) is 36.4 Å². The van der Waals surface area contributed by atoms with Crippen molar-refractivity contribution in [3.05, 3.63) is 94.5 Å². The largest absolute Gasteiger partial charge is 0.489 e. The summed E-state index contributed by atoms with van der Waals surface area (Å²) in [4.78, 5) is 10.1. The Morgan fingerprint density at radius 2 is 1.64 bits per heavy atom. The van der Waals surface area contributed by atoms with E-state index in [1.807, 2.05) is 30.3 Å². The second-order valence-corrected chi connectivity index (χ2v) is 7.96. The number of hydrogen-bond donors (Lipinski definition) is 0. The number of rotatable bonds is 7. The van der Waals surface area contributed by atoms with E-state index in [0.717, 1.165) is 15.9 Å². The smallest absolute Gasteiger partial charge is 0.270 e. The van der Waals surface area contributed by atoms with Gasteiger partial charge in [0.05, 0.1) is 15.5 Å². The zero-order chi connectivity index (χ0) is 20.1. The van der Waals surface area contributed by atoms with E-state index in [2.05, 4.69) is 0 Å². The van der Waals surface area contributed by atoms with Gasteiger partial charge in [0.1, 0.15) is 12.4 Å². The Morgan fingerprint density at radius 3 is 2.29 bits per heavy atom. The van der Waals surface area contributed by atoms with Crippen LogP contribution in [0, 0.1) is 10.1 Å². The Morgan fingerprint density at radius 1 is 0.964 bits per heavy atom. The van der Waals surface area contributed by atoms with Gasteiger partial charge in [0.2, 0.25) is 0 Å². The van der Waals surface area contributed by atoms with Gasteiger partial charge in [0.15, 0.2) is 0 Å². The molecule has 28 heavy (non-hydrogen) atoms. The standard InChI is InChI=1S/C20H18N2O5S/c1-21(28(25,26)20-9-5-8-18(14-20)22(23)24)17-10-12-19(13-11-17)27-15-16-6-3-2-4-7-16/h2-14H,15H2,1H3. The average molecular weight is 398 g/mol. The molecular formula is C20H18N2O5S. The molecule has 3 aromatic carbocycles. The van der Waals surface area contributed by atoms with Crippen molar-refractivity contribution in [1.82, 2.24) is 0 Å². The minimum absolute atomic E-state index is 0.145. The molecule has 0 amide bonds. The molecule has 144 valence electrons. The van der Waals surface area contributed by atoms with Crippen LogP contribution in [0.3, 0.4) is 0 Å². The van der Waals surface area contributed by atoms with Crippen molar-refractivity contribution < 1.29 is 18.1 Å². The fourth-order valence-corrected chi connectivity index (χ4v) is 3.78. The average Bonchev–Trinajstić information content (AvgIpc) is 2.73. The van der Waals surface area contributed by atoms with Crippen LogP contribution in [0.1, 0.15) is 5.56 Å². The van der Waals surface area contributed by atoms with Crippen LogP contribution in [0.25, 0.3) is 0 Å². The number of anilines is 1. The van der Waals surface area contributed by atoms with Crippen molar-refractivity contribution in [3.8, 4) is 5.75 Å². The summed E-state index contributed by atoms with van der Waals surface area (Å²) in [5, 5.41) is 10.9. The lowest BCUT2D eigenvalue weighted by atomic mass is 10.2. The van der Waals surface area contributed by atoms with Crippen LogP contribution in [0.2, 0.25) is 0 Å². The van der Waals surface area contributed by atoms with Crippen LogP contribution in [0.15, 0.2) is 83.8 Å². The summed E-state index contributed by atoms with van der Waals surface area (Å²) in [5.74, 6) is 0.605. The van der Waals surface area contributed by atoms with Gasteiger partial charge in [-0.3, -0.25) is 14.4 Å². The highest BCUT2D eigenvalue weighted by Crippen LogP contribution is 2.26. The molecule has 0 radical (unpaired) electrons. The molecule has 0 N–H and O–H groups in total. The number of nitrogens with zero attached hydrogens (tertiary/aromatic N) is 2. The summed E-state index contributed by atoms with van der Waals surface area (Å²) >= 11 is 0. The summed E-state index contributed by atoms with van der Waals surface area (Å²) in [5.41, 5.74) is 1.16. The lowest BCUT2D eigenvalue weighted by molar-refractivity contribution is -0.385. The third-order valence-electron chi connectivity index (χ3n) is 4.14. The Bertz CT molecular complexity index is 1070. The highest BCUT2D eigenvalue weighted by molar-refractivity contribution is 7.92. The van der Waals surface area contributed by atoms with E-state index in [9.17, 15) is 18.5 Å². The SMILES string of the molecule is CN(c1ccc(OCc2ccccc2)cc1)S(=O)(=O)c1cccc([N+](=O)[O-])c1. The third kappa shape index (κ3) is 4.29. The van der Waals surface area contributed by atoms with Gasteiger partial charge in [-0.15, -0.1) is 0 Å². The zero-order valence-corrected chi connectivity index (χ0v) is 15.9. The molecule has 3 aromatic rings. The molecule has 0 aromatic heterocycles. The minimum Gasteiger partial charge on any atom is -0.489 e. The fraction of sp³-hybridized carbons (Fsp3) is 0.100. The first-order chi connectivity index (χ1) is 13.4. The van der Waals surface area contributed by atoms with Crippen LogP contribution in [-0.4, -0.2) is 20.4 Å². The molecule has 0 bridgehead atoms. The maximum atomic E-state index is 12.8. The van der Waals surface area contributed by atoms with Gasteiger partial charge in [0.25, 0.3) is 15.7 Å². The van der Waals surface area contributed by atoms with Crippen LogP contribution < -0.4 is 9.04 Å². The topological polar surface area (TPSA) is 89.8 Å². The molecule has 0 saturated carbocycles. The van der Waals surface area contributed by atoms with Gasteiger partial charge in [0, 0.05) is 19.2 Å². The number of benzene rings is 3. The first-order valence-electron chi connectivity index (χ1n) is 8.38. The second kappa shape index (κ2) is 8.10. The van der Waals surface area contributed by atoms with Gasteiger partial charge in [-0.05, 0) is 35.9 Å². The predicted molar refractivity (Wildman–Crippen MR) is 106 cm³/mol. The summed E-state index contributed by atoms with van der Waals surface area (Å²) in [6.45, 7) is 0.405. The molecule has 0 aliphatic carbocycles. The van der Waals surface area contributed by atoms with Crippen molar-refractivity contribution in [3.63, 3.8) is 0 Å². The van der Waals surface area contributed by atoms with Gasteiger partial charge in [-0.25, -0.2) is 8.42 Å². The van der Waals surface area contributed by atoms with Crippen molar-refractivity contribution >= 4 is 21.4 Å². The lowest BCUT2D eigenvalue weighted by Gasteiger charge is -2.19. The number of nitro groups is 1. The summed E-state index contributed by atoms with van der Waals surface area (Å²) in [6, 6.07) is 21.2. The summed E-state index contributed by atoms with van der Waals surface area (Å²) in [6.07, 6.45) is 0. The molecule has 0 atom stereocenters. The van der Waals surface area contributed by atoms with Crippen LogP contribution in [-0.2, 0) is 16.6 Å². The normalized spacial score (nSPS) is 11.0. The van der Waals surface area contributed by atoms with Crippen molar-refractivity contribution in [2.45, 2.75) is 11.5 Å². The Kier molecular flexibility index (Phi) is 5.60. The Balaban J connectivity index is 1.75. The van der Waals surface area contributed by atoms with Crippen molar-refractivity contribution in [2.75, 3.05) is 11.4 Å². The monoisotopic (exact) mass is 398 g/mol. The predicted octanol–water partition coefficient (Wildman–Crippen LogP) is 4.00. The molecule has 0 aliphatic rings. The number of sulfonamides is 1. The summed E-state index contributed by atoms with van der Waals surface area (Å²) in [7, 11) is -2.53. The number of ether oxygens (including phenoxy) is 1. The molecule has 0 saturated heterocycles. The van der Waals surface area contributed by atoms with Crippen LogP contribution >= 0.6 is 0 Å². The van der Waals surface area contributed by atoms with E-state index in [4.69, 9.17) is 4.74 Å². The lowest BCUT2D eigenvalue weighted by Crippen LogP contribution is -2.26. The quantitative estimate of drug-likeness (QED) is 0.443. The maximum absolute atomic E-state index is 12.8.